The molecule has 0 unspecified atom stereocenters. The van der Waals surface area contributed by atoms with Crippen LogP contribution in [0.25, 0.3) is 5.70 Å². The predicted molar refractivity (Wildman–Crippen MR) is 70.7 cm³/mol. The number of aliphatic hydroxyl groups excluding tert-OH is 1. The number of rotatable bonds is 1. The summed E-state index contributed by atoms with van der Waals surface area (Å²) in [6.45, 7) is 1.88. The third-order valence-electron chi connectivity index (χ3n) is 3.46. The second-order valence-corrected chi connectivity index (χ2v) is 4.86. The second kappa shape index (κ2) is 4.59. The van der Waals surface area contributed by atoms with Crippen molar-refractivity contribution in [2.24, 2.45) is 0 Å². The summed E-state index contributed by atoms with van der Waals surface area (Å²) in [6.07, 6.45) is 0. The number of carbonyl (C=O) groups excluding carboxylic acids is 1. The SMILES string of the molecule is CN1CCN(C2=C(O)COc3ccccc32)C(=O)C1. The molecule has 0 spiro atoms. The minimum absolute atomic E-state index is 0.00648. The quantitative estimate of drug-likeness (QED) is 0.821. The number of para-hydroxylation sites is 1. The summed E-state index contributed by atoms with van der Waals surface area (Å²) >= 11 is 0. The molecule has 0 aromatic heterocycles. The van der Waals surface area contributed by atoms with Crippen LogP contribution >= 0.6 is 0 Å². The molecular weight excluding hydrogens is 244 g/mol. The van der Waals surface area contributed by atoms with Gasteiger partial charge in [-0.05, 0) is 19.2 Å². The largest absolute Gasteiger partial charge is 0.507 e. The number of piperazine rings is 1. The summed E-state index contributed by atoms with van der Waals surface area (Å²) in [6, 6.07) is 7.47. The molecule has 0 atom stereocenters. The molecule has 1 N–H and O–H groups in total. The van der Waals surface area contributed by atoms with Gasteiger partial charge >= 0.3 is 0 Å². The summed E-state index contributed by atoms with van der Waals surface area (Å²) < 4.78 is 5.46. The molecule has 1 saturated heterocycles. The Morgan fingerprint density at radius 3 is 2.84 bits per heavy atom. The van der Waals surface area contributed by atoms with Crippen LogP contribution in [-0.2, 0) is 4.79 Å². The highest BCUT2D eigenvalue weighted by Crippen LogP contribution is 2.34. The minimum atomic E-state index is 0.00648. The molecule has 1 aromatic carbocycles. The van der Waals surface area contributed by atoms with Crippen LogP contribution in [0.4, 0.5) is 0 Å². The Labute approximate surface area is 111 Å². The highest BCUT2D eigenvalue weighted by molar-refractivity contribution is 5.90. The maximum atomic E-state index is 12.2. The van der Waals surface area contributed by atoms with Crippen molar-refractivity contribution < 1.29 is 14.6 Å². The van der Waals surface area contributed by atoms with Gasteiger partial charge in [0.1, 0.15) is 12.4 Å². The number of hydrogen-bond acceptors (Lipinski definition) is 4. The summed E-state index contributed by atoms with van der Waals surface area (Å²) in [5.74, 6) is 0.839. The summed E-state index contributed by atoms with van der Waals surface area (Å²) in [5, 5.41) is 10.1. The molecule has 0 aliphatic carbocycles. The van der Waals surface area contributed by atoms with Crippen LogP contribution in [0, 0.1) is 0 Å². The molecule has 5 nitrogen and oxygen atoms in total. The molecule has 0 bridgehead atoms. The topological polar surface area (TPSA) is 53.0 Å². The molecule has 19 heavy (non-hydrogen) atoms. The molecular formula is C14H16N2O3. The number of amides is 1. The van der Waals surface area contributed by atoms with Crippen molar-refractivity contribution in [1.82, 2.24) is 9.80 Å². The number of fused-ring (bicyclic) bond motifs is 1. The zero-order valence-electron chi connectivity index (χ0n) is 10.8. The predicted octanol–water partition coefficient (Wildman–Crippen LogP) is 1.08. The van der Waals surface area contributed by atoms with E-state index < -0.39 is 0 Å². The fourth-order valence-corrected chi connectivity index (χ4v) is 2.49. The van der Waals surface area contributed by atoms with E-state index in [0.29, 0.717) is 24.5 Å². The van der Waals surface area contributed by atoms with Gasteiger partial charge in [-0.3, -0.25) is 9.69 Å². The number of likely N-dealkylation sites (N-methyl/N-ethyl adjacent to an activating group) is 1. The Hall–Kier alpha value is -2.01. The number of hydrogen-bond donors (Lipinski definition) is 1. The lowest BCUT2D eigenvalue weighted by molar-refractivity contribution is -0.131. The summed E-state index contributed by atoms with van der Waals surface area (Å²) in [4.78, 5) is 15.8. The molecule has 2 heterocycles. The van der Waals surface area contributed by atoms with Crippen LogP contribution in [0.15, 0.2) is 30.0 Å². The lowest BCUT2D eigenvalue weighted by Crippen LogP contribution is -2.48. The molecule has 5 heteroatoms. The van der Waals surface area contributed by atoms with Crippen molar-refractivity contribution in [2.75, 3.05) is 33.3 Å². The van der Waals surface area contributed by atoms with Gasteiger partial charge in [-0.1, -0.05) is 12.1 Å². The monoisotopic (exact) mass is 260 g/mol. The zero-order chi connectivity index (χ0) is 13.4. The Morgan fingerprint density at radius 2 is 2.05 bits per heavy atom. The van der Waals surface area contributed by atoms with Crippen molar-refractivity contribution in [3.8, 4) is 5.75 Å². The van der Waals surface area contributed by atoms with Crippen molar-refractivity contribution >= 4 is 11.6 Å². The molecule has 3 rings (SSSR count). The van der Waals surface area contributed by atoms with Crippen molar-refractivity contribution in [3.05, 3.63) is 35.6 Å². The number of nitrogens with zero attached hydrogens (tertiary/aromatic N) is 2. The lowest BCUT2D eigenvalue weighted by atomic mass is 10.1. The standard InChI is InChI=1S/C14H16N2O3/c1-15-6-7-16(13(18)8-15)14-10-4-2-3-5-12(10)19-9-11(14)17/h2-5,17H,6-9H2,1H3. The highest BCUT2D eigenvalue weighted by atomic mass is 16.5. The zero-order valence-corrected chi connectivity index (χ0v) is 10.8. The molecule has 2 aliphatic rings. The Morgan fingerprint density at radius 1 is 1.26 bits per heavy atom. The first-order valence-electron chi connectivity index (χ1n) is 6.30. The fourth-order valence-electron chi connectivity index (χ4n) is 2.49. The minimum Gasteiger partial charge on any atom is -0.507 e. The van der Waals surface area contributed by atoms with Crippen LogP contribution in [0.5, 0.6) is 5.75 Å². The molecule has 2 aliphatic heterocycles. The molecule has 100 valence electrons. The average molecular weight is 260 g/mol. The highest BCUT2D eigenvalue weighted by Gasteiger charge is 2.31. The first kappa shape index (κ1) is 12.0. The number of ether oxygens (including phenoxy) is 1. The van der Waals surface area contributed by atoms with E-state index in [9.17, 15) is 9.90 Å². The van der Waals surface area contributed by atoms with E-state index in [1.165, 1.54) is 0 Å². The van der Waals surface area contributed by atoms with E-state index >= 15 is 0 Å². The molecule has 1 aromatic rings. The van der Waals surface area contributed by atoms with Gasteiger partial charge in [0.25, 0.3) is 0 Å². The van der Waals surface area contributed by atoms with Gasteiger partial charge in [0.05, 0.1) is 12.2 Å². The third kappa shape index (κ3) is 2.06. The van der Waals surface area contributed by atoms with Crippen LogP contribution in [0.3, 0.4) is 0 Å². The number of carbonyl (C=O) groups is 1. The second-order valence-electron chi connectivity index (χ2n) is 4.86. The number of aliphatic hydroxyl groups is 1. The molecule has 1 fully saturated rings. The number of benzene rings is 1. The maximum absolute atomic E-state index is 12.2. The van der Waals surface area contributed by atoms with Gasteiger partial charge in [-0.15, -0.1) is 0 Å². The van der Waals surface area contributed by atoms with Crippen molar-refractivity contribution in [2.45, 2.75) is 0 Å². The van der Waals surface area contributed by atoms with Crippen LogP contribution in [0.1, 0.15) is 5.56 Å². The molecule has 1 amide bonds. The normalized spacial score (nSPS) is 20.3. The van der Waals surface area contributed by atoms with Gasteiger partial charge in [-0.2, -0.15) is 0 Å². The van der Waals surface area contributed by atoms with Crippen molar-refractivity contribution in [3.63, 3.8) is 0 Å². The van der Waals surface area contributed by atoms with Crippen molar-refractivity contribution in [1.29, 1.82) is 0 Å². The Kier molecular flexibility index (Phi) is 2.91. The fraction of sp³-hybridized carbons (Fsp3) is 0.357. The van der Waals surface area contributed by atoms with E-state index in [0.717, 1.165) is 12.1 Å². The smallest absolute Gasteiger partial charge is 0.241 e. The summed E-state index contributed by atoms with van der Waals surface area (Å²) in [7, 11) is 1.92. The molecule has 0 radical (unpaired) electrons. The average Bonchev–Trinajstić information content (AvgIpc) is 2.40. The van der Waals surface area contributed by atoms with Crippen LogP contribution in [0.2, 0.25) is 0 Å². The third-order valence-corrected chi connectivity index (χ3v) is 3.46. The van der Waals surface area contributed by atoms with Gasteiger partial charge < -0.3 is 14.7 Å². The maximum Gasteiger partial charge on any atom is 0.241 e. The van der Waals surface area contributed by atoms with E-state index in [4.69, 9.17) is 4.74 Å². The van der Waals surface area contributed by atoms with E-state index in [1.54, 1.807) is 4.90 Å². The summed E-state index contributed by atoms with van der Waals surface area (Å²) in [5.41, 5.74) is 1.38. The van der Waals surface area contributed by atoms with Crippen LogP contribution < -0.4 is 4.74 Å². The molecule has 0 saturated carbocycles. The Balaban J connectivity index is 2.01. The Bertz CT molecular complexity index is 553. The van der Waals surface area contributed by atoms with Gasteiger partial charge in [-0.25, -0.2) is 0 Å². The lowest BCUT2D eigenvalue weighted by Gasteiger charge is -2.35. The van der Waals surface area contributed by atoms with Gasteiger partial charge in [0.15, 0.2) is 5.76 Å². The van der Waals surface area contributed by atoms with Gasteiger partial charge in [0.2, 0.25) is 5.91 Å². The first-order chi connectivity index (χ1) is 9.16. The van der Waals surface area contributed by atoms with E-state index in [1.807, 2.05) is 36.2 Å². The van der Waals surface area contributed by atoms with Gasteiger partial charge in [0, 0.05) is 18.7 Å². The van der Waals surface area contributed by atoms with Crippen LogP contribution in [-0.4, -0.2) is 54.1 Å². The van der Waals surface area contributed by atoms with E-state index in [-0.39, 0.29) is 18.3 Å². The first-order valence-corrected chi connectivity index (χ1v) is 6.30. The van der Waals surface area contributed by atoms with E-state index in [2.05, 4.69) is 0 Å².